The van der Waals surface area contributed by atoms with Crippen LogP contribution in [0.3, 0.4) is 0 Å². The van der Waals surface area contributed by atoms with E-state index in [0.717, 1.165) is 37.8 Å². The predicted molar refractivity (Wildman–Crippen MR) is 140 cm³/mol. The maximum Gasteiger partial charge on any atom is 0.534 e. The fraction of sp³-hybridized carbons (Fsp3) is 0.708. The molecule has 1 saturated carbocycles. The van der Waals surface area contributed by atoms with Crippen LogP contribution >= 0.6 is 23.2 Å². The van der Waals surface area contributed by atoms with Crippen LogP contribution in [0.1, 0.15) is 64.4 Å². The van der Waals surface area contributed by atoms with E-state index in [-0.39, 0.29) is 38.9 Å². The lowest BCUT2D eigenvalue weighted by Crippen LogP contribution is -2.45. The molecule has 1 heterocycles. The monoisotopic (exact) mass is 603 g/mol. The largest absolute Gasteiger partial charge is 0.534 e. The van der Waals surface area contributed by atoms with Gasteiger partial charge in [0.2, 0.25) is 5.91 Å². The first kappa shape index (κ1) is 30.5. The fourth-order valence-electron chi connectivity index (χ4n) is 4.98. The molecule has 1 aromatic carbocycles. The van der Waals surface area contributed by atoms with E-state index in [9.17, 15) is 26.4 Å². The minimum absolute atomic E-state index is 0.0359. The normalized spacial score (nSPS) is 24.6. The Morgan fingerprint density at radius 3 is 2.00 bits per heavy atom. The Morgan fingerprint density at radius 1 is 1.03 bits per heavy atom. The highest BCUT2D eigenvalue weighted by molar-refractivity contribution is 7.88. The van der Waals surface area contributed by atoms with E-state index in [1.54, 1.807) is 0 Å². The number of carbonyl (C=O) groups excluding carboxylic acids is 1. The molecule has 1 amide bonds. The highest BCUT2D eigenvalue weighted by atomic mass is 35.5. The molecule has 1 aliphatic heterocycles. The van der Waals surface area contributed by atoms with Gasteiger partial charge in [-0.2, -0.15) is 21.6 Å². The molecule has 1 saturated heterocycles. The molecular weight excluding hydrogens is 570 g/mol. The molecule has 210 valence electrons. The number of halogens is 5. The van der Waals surface area contributed by atoms with Gasteiger partial charge in [0.05, 0.1) is 0 Å². The molecule has 2 aliphatic rings. The van der Waals surface area contributed by atoms with Crippen LogP contribution in [0.5, 0.6) is 5.75 Å². The lowest BCUT2D eigenvalue weighted by molar-refractivity contribution is -0.123. The Bertz CT molecular complexity index is 1090. The fourth-order valence-corrected chi connectivity index (χ4v) is 7.57. The summed E-state index contributed by atoms with van der Waals surface area (Å²) in [7, 11) is -7.84. The molecule has 6 nitrogen and oxygen atoms in total. The van der Waals surface area contributed by atoms with Crippen molar-refractivity contribution < 1.29 is 35.0 Å². The summed E-state index contributed by atoms with van der Waals surface area (Å²) in [6, 6.07) is 2.02. The van der Waals surface area contributed by atoms with E-state index in [4.69, 9.17) is 27.6 Å². The van der Waals surface area contributed by atoms with Gasteiger partial charge in [-0.25, -0.2) is 0 Å². The summed E-state index contributed by atoms with van der Waals surface area (Å²) in [4.78, 5) is 12.7. The van der Waals surface area contributed by atoms with Crippen LogP contribution in [0.4, 0.5) is 13.2 Å². The van der Waals surface area contributed by atoms with Crippen LogP contribution in [0.15, 0.2) is 12.1 Å². The molecule has 2 atom stereocenters. The van der Waals surface area contributed by atoms with Gasteiger partial charge in [0, 0.05) is 46.7 Å². The number of nitrogens with one attached hydrogen (secondary N) is 1. The van der Waals surface area contributed by atoms with Crippen molar-refractivity contribution in [2.24, 2.45) is 11.8 Å². The second kappa shape index (κ2) is 10.9. The summed E-state index contributed by atoms with van der Waals surface area (Å²) in [5, 5.41) is 2.85. The standard InChI is InChI=1S/C24H34Cl2F3NO5SSi/c1-23(2,3)37(4,5)35-15-8-6-14(7-9-15)20(17-10-11-30-22(17)31)21-18(25)12-16(13-19(21)26)34-36(32,33)24(27,28)29/h12-15,17,20H,6-11H2,1-5H3,(H,30,31). The minimum Gasteiger partial charge on any atom is -0.414 e. The van der Waals surface area contributed by atoms with Gasteiger partial charge < -0.3 is 13.9 Å². The molecule has 2 unspecified atom stereocenters. The molecule has 0 bridgehead atoms. The molecule has 37 heavy (non-hydrogen) atoms. The number of benzene rings is 1. The molecule has 1 N–H and O–H groups in total. The molecule has 0 radical (unpaired) electrons. The quantitative estimate of drug-likeness (QED) is 0.206. The van der Waals surface area contributed by atoms with Crippen LogP contribution in [0.25, 0.3) is 0 Å². The zero-order valence-electron chi connectivity index (χ0n) is 21.5. The molecular formula is C24H34Cl2F3NO5SSi. The van der Waals surface area contributed by atoms with Crippen LogP contribution in [-0.4, -0.2) is 40.8 Å². The third-order valence-electron chi connectivity index (χ3n) is 7.89. The Balaban J connectivity index is 1.88. The van der Waals surface area contributed by atoms with Crippen LogP contribution in [0, 0.1) is 11.8 Å². The van der Waals surface area contributed by atoms with Gasteiger partial charge in [0.1, 0.15) is 5.75 Å². The van der Waals surface area contributed by atoms with Gasteiger partial charge in [0.15, 0.2) is 8.32 Å². The van der Waals surface area contributed by atoms with Crippen molar-refractivity contribution in [3.05, 3.63) is 27.7 Å². The molecule has 1 aliphatic carbocycles. The van der Waals surface area contributed by atoms with E-state index in [1.165, 1.54) is 0 Å². The number of hydrogen-bond acceptors (Lipinski definition) is 5. The molecule has 0 aromatic heterocycles. The van der Waals surface area contributed by atoms with Gasteiger partial charge in [-0.05, 0) is 61.7 Å². The number of amides is 1. The highest BCUT2D eigenvalue weighted by Gasteiger charge is 2.49. The second-order valence-corrected chi connectivity index (χ2v) is 18.5. The van der Waals surface area contributed by atoms with E-state index in [0.29, 0.717) is 18.5 Å². The van der Waals surface area contributed by atoms with Gasteiger partial charge in [-0.3, -0.25) is 4.79 Å². The molecule has 3 rings (SSSR count). The summed E-state index contributed by atoms with van der Waals surface area (Å²) >= 11 is 13.0. The summed E-state index contributed by atoms with van der Waals surface area (Å²) in [5.41, 5.74) is -5.17. The minimum atomic E-state index is -5.89. The lowest BCUT2D eigenvalue weighted by atomic mass is 9.70. The zero-order valence-corrected chi connectivity index (χ0v) is 24.9. The Kier molecular flexibility index (Phi) is 8.96. The van der Waals surface area contributed by atoms with Gasteiger partial charge in [-0.1, -0.05) is 44.0 Å². The van der Waals surface area contributed by atoms with Crippen LogP contribution in [0.2, 0.25) is 28.2 Å². The van der Waals surface area contributed by atoms with E-state index < -0.39 is 35.6 Å². The summed E-state index contributed by atoms with van der Waals surface area (Å²) < 4.78 is 72.1. The Morgan fingerprint density at radius 2 is 1.57 bits per heavy atom. The van der Waals surface area contributed by atoms with E-state index in [2.05, 4.69) is 43.4 Å². The van der Waals surface area contributed by atoms with Crippen molar-refractivity contribution in [1.82, 2.24) is 5.32 Å². The van der Waals surface area contributed by atoms with E-state index >= 15 is 0 Å². The van der Waals surface area contributed by atoms with Crippen molar-refractivity contribution in [2.45, 2.75) is 88.5 Å². The third kappa shape index (κ3) is 6.77. The van der Waals surface area contributed by atoms with Crippen LogP contribution < -0.4 is 9.50 Å². The Hall–Kier alpha value is -1.01. The van der Waals surface area contributed by atoms with Crippen molar-refractivity contribution in [1.29, 1.82) is 0 Å². The van der Waals surface area contributed by atoms with Gasteiger partial charge >= 0.3 is 15.6 Å². The first-order valence-corrected chi connectivity index (χ1v) is 17.4. The summed E-state index contributed by atoms with van der Waals surface area (Å²) in [5.74, 6) is -1.53. The van der Waals surface area contributed by atoms with Gasteiger partial charge in [0.25, 0.3) is 0 Å². The number of alkyl halides is 3. The second-order valence-electron chi connectivity index (χ2n) is 11.4. The maximum absolute atomic E-state index is 12.8. The van der Waals surface area contributed by atoms with Gasteiger partial charge in [-0.15, -0.1) is 0 Å². The van der Waals surface area contributed by atoms with Crippen molar-refractivity contribution in [3.63, 3.8) is 0 Å². The van der Waals surface area contributed by atoms with Crippen LogP contribution in [-0.2, 0) is 19.3 Å². The zero-order chi connectivity index (χ0) is 28.0. The average molecular weight is 605 g/mol. The molecule has 0 spiro atoms. The lowest BCUT2D eigenvalue weighted by Gasteiger charge is -2.43. The van der Waals surface area contributed by atoms with Crippen molar-refractivity contribution >= 4 is 47.5 Å². The number of carbonyl (C=O) groups is 1. The average Bonchev–Trinajstić information content (AvgIpc) is 3.14. The van der Waals surface area contributed by atoms with E-state index in [1.807, 2.05) is 0 Å². The SMILES string of the molecule is CC(C)(C)[Si](C)(C)OC1CCC(C(c2c(Cl)cc(OS(=O)(=O)C(F)(F)F)cc2Cl)C2CCNC2=O)CC1. The Labute approximate surface area is 227 Å². The number of hydrogen-bond donors (Lipinski definition) is 1. The highest BCUT2D eigenvalue weighted by Crippen LogP contribution is 2.49. The maximum atomic E-state index is 12.8. The first-order valence-electron chi connectivity index (χ1n) is 12.3. The number of rotatable bonds is 7. The predicted octanol–water partition coefficient (Wildman–Crippen LogP) is 7.02. The topological polar surface area (TPSA) is 81.7 Å². The van der Waals surface area contributed by atoms with Crippen molar-refractivity contribution in [2.75, 3.05) is 6.54 Å². The first-order chi connectivity index (χ1) is 16.8. The molecule has 2 fully saturated rings. The summed E-state index contributed by atoms with van der Waals surface area (Å²) in [6.45, 7) is 11.5. The molecule has 13 heteroatoms. The molecule has 1 aromatic rings. The third-order valence-corrected chi connectivity index (χ3v) is 14.0. The smallest absolute Gasteiger partial charge is 0.414 e. The van der Waals surface area contributed by atoms with Crippen molar-refractivity contribution in [3.8, 4) is 5.75 Å². The summed E-state index contributed by atoms with van der Waals surface area (Å²) in [6.07, 6.45) is 3.83.